The van der Waals surface area contributed by atoms with Gasteiger partial charge in [0.05, 0.1) is 24.5 Å². The van der Waals surface area contributed by atoms with Gasteiger partial charge in [-0.15, -0.1) is 0 Å². The van der Waals surface area contributed by atoms with E-state index in [-0.39, 0.29) is 29.8 Å². The van der Waals surface area contributed by atoms with Crippen LogP contribution in [0.4, 0.5) is 42.3 Å². The van der Waals surface area contributed by atoms with Gasteiger partial charge in [0, 0.05) is 113 Å². The zero-order chi connectivity index (χ0) is 41.9. The molecular weight excluding hydrogens is 783 g/mol. The fourth-order valence-corrected chi connectivity index (χ4v) is 10.0. The molecule has 61 heavy (non-hydrogen) atoms. The number of anilines is 5. The molecule has 0 saturated carbocycles. The Balaban J connectivity index is 0.910. The average molecular weight is 833 g/mol. The first-order chi connectivity index (χ1) is 29.6. The van der Waals surface area contributed by atoms with Crippen LogP contribution in [0.5, 0.6) is 0 Å². The molecule has 10 rings (SSSR count). The van der Waals surface area contributed by atoms with Crippen LogP contribution in [-0.2, 0) is 33.7 Å². The summed E-state index contributed by atoms with van der Waals surface area (Å²) in [4.78, 5) is 51.9. The molecule has 8 heterocycles. The number of nitrogens with one attached hydrogen (secondary N) is 1. The lowest BCUT2D eigenvalue weighted by molar-refractivity contribution is -0.129. The van der Waals surface area contributed by atoms with Crippen LogP contribution in [0.2, 0.25) is 0 Å². The first-order valence-corrected chi connectivity index (χ1v) is 21.5. The van der Waals surface area contributed by atoms with Crippen LogP contribution >= 0.6 is 0 Å². The number of aryl methyl sites for hydroxylation is 1. The number of halogens is 2. The topological polar surface area (TPSA) is 124 Å². The van der Waals surface area contributed by atoms with Crippen molar-refractivity contribution in [2.75, 3.05) is 78.6 Å². The number of urea groups is 1. The van der Waals surface area contributed by atoms with E-state index in [1.165, 1.54) is 0 Å². The van der Waals surface area contributed by atoms with Crippen molar-refractivity contribution >= 4 is 52.2 Å². The number of pyridine rings is 1. The van der Waals surface area contributed by atoms with E-state index in [0.717, 1.165) is 103 Å². The van der Waals surface area contributed by atoms with Crippen molar-refractivity contribution in [3.8, 4) is 11.1 Å². The first kappa shape index (κ1) is 39.1. The van der Waals surface area contributed by atoms with Crippen molar-refractivity contribution in [2.45, 2.75) is 71.4 Å². The predicted molar refractivity (Wildman–Crippen MR) is 228 cm³/mol. The van der Waals surface area contributed by atoms with E-state index in [2.05, 4.69) is 30.8 Å². The van der Waals surface area contributed by atoms with Gasteiger partial charge in [0.15, 0.2) is 5.82 Å². The summed E-state index contributed by atoms with van der Waals surface area (Å²) in [5.74, 6) is 1.46. The molecule has 2 aromatic carbocycles. The number of amides is 4. The van der Waals surface area contributed by atoms with E-state index in [0.29, 0.717) is 62.6 Å². The second-order valence-corrected chi connectivity index (χ2v) is 16.8. The quantitative estimate of drug-likeness (QED) is 0.194. The normalized spacial score (nSPS) is 18.9. The SMILES string of the molecule is CC(=O)N1CCc2c(c(N3CCCc4cc(-c5ccn6c(N7CCN(c8cccc(N9CCC(=O)NC9=O)c8C)CC7)cnc6c5)c(C(F)F)cc43)nn2C2CCOCC2)C1. The summed E-state index contributed by atoms with van der Waals surface area (Å²) in [6.07, 6.45) is 5.37. The molecule has 0 unspecified atom stereocenters. The molecule has 0 bridgehead atoms. The second kappa shape index (κ2) is 15.8. The number of fused-ring (bicyclic) bond motifs is 3. The minimum atomic E-state index is -2.71. The summed E-state index contributed by atoms with van der Waals surface area (Å²) in [7, 11) is 0. The molecule has 5 aliphatic rings. The molecule has 16 heteroatoms. The predicted octanol–water partition coefficient (Wildman–Crippen LogP) is 6.56. The maximum atomic E-state index is 15.2. The number of carbonyl (C=O) groups excluding carboxylic acids is 3. The lowest BCUT2D eigenvalue weighted by atomic mass is 9.92. The Morgan fingerprint density at radius 2 is 1.67 bits per heavy atom. The number of piperazine rings is 1. The van der Waals surface area contributed by atoms with E-state index < -0.39 is 12.5 Å². The second-order valence-electron chi connectivity index (χ2n) is 16.8. The van der Waals surface area contributed by atoms with Gasteiger partial charge in [-0.25, -0.2) is 18.6 Å². The highest BCUT2D eigenvalue weighted by Gasteiger charge is 2.35. The summed E-state index contributed by atoms with van der Waals surface area (Å²) in [6, 6.07) is 13.2. The Kier molecular flexibility index (Phi) is 10.1. The highest BCUT2D eigenvalue weighted by Crippen LogP contribution is 2.44. The Hall–Kier alpha value is -6.03. The summed E-state index contributed by atoms with van der Waals surface area (Å²) in [6.45, 7) is 10.0. The number of imide groups is 1. The smallest absolute Gasteiger partial charge is 0.328 e. The van der Waals surface area contributed by atoms with Crippen LogP contribution in [0.1, 0.15) is 73.0 Å². The zero-order valence-electron chi connectivity index (χ0n) is 34.6. The zero-order valence-corrected chi connectivity index (χ0v) is 34.6. The molecule has 14 nitrogen and oxygen atoms in total. The van der Waals surface area contributed by atoms with Crippen molar-refractivity contribution in [3.05, 3.63) is 82.8 Å². The molecule has 3 saturated heterocycles. The highest BCUT2D eigenvalue weighted by molar-refractivity contribution is 6.06. The van der Waals surface area contributed by atoms with Crippen molar-refractivity contribution in [3.63, 3.8) is 0 Å². The number of ether oxygens (including phenoxy) is 1. The molecule has 0 aliphatic carbocycles. The standard InChI is InChI=1S/C45H50F2N10O4/c1-28-36(6-3-7-37(28)55-16-10-41(59)49-45(55)60)51-17-19-52(20-18-51)42-26-48-40-24-30(8-15-56(40)42)33-23-31-5-4-13-54(39(31)25-34(33)43(46)47)44-35-27-53(29(2)58)14-9-38(35)57(50-44)32-11-21-61-22-12-32/h3,6-8,15,23-26,32,43H,4-5,9-14,16-22,27H2,1-2H3,(H,49,59,60). The number of carbonyl (C=O) groups is 3. The van der Waals surface area contributed by atoms with Crippen molar-refractivity contribution in [1.82, 2.24) is 29.4 Å². The number of aromatic nitrogens is 4. The van der Waals surface area contributed by atoms with E-state index in [1.807, 2.05) is 58.9 Å². The lowest BCUT2D eigenvalue weighted by Crippen LogP contribution is -2.50. The maximum absolute atomic E-state index is 15.2. The molecule has 3 fully saturated rings. The van der Waals surface area contributed by atoms with Gasteiger partial charge < -0.3 is 24.3 Å². The van der Waals surface area contributed by atoms with Gasteiger partial charge in [-0.05, 0) is 91.3 Å². The van der Waals surface area contributed by atoms with Crippen LogP contribution in [0.25, 0.3) is 16.8 Å². The number of benzene rings is 2. The van der Waals surface area contributed by atoms with Crippen molar-refractivity contribution in [1.29, 1.82) is 0 Å². The third kappa shape index (κ3) is 7.03. The Labute approximate surface area is 352 Å². The van der Waals surface area contributed by atoms with E-state index >= 15 is 8.78 Å². The Bertz CT molecular complexity index is 2540. The molecule has 1 N–H and O–H groups in total. The fourth-order valence-electron chi connectivity index (χ4n) is 10.0. The van der Waals surface area contributed by atoms with Crippen molar-refractivity contribution in [2.24, 2.45) is 0 Å². The number of hydrogen-bond acceptors (Lipinski definition) is 9. The molecule has 4 amide bonds. The summed E-state index contributed by atoms with van der Waals surface area (Å²) >= 11 is 0. The minimum absolute atomic E-state index is 0.0171. The number of hydrogen-bond donors (Lipinski definition) is 1. The molecule has 0 radical (unpaired) electrons. The molecular formula is C45H50F2N10O4. The molecule has 5 aliphatic heterocycles. The van der Waals surface area contributed by atoms with Gasteiger partial charge in [0.25, 0.3) is 6.43 Å². The third-order valence-corrected chi connectivity index (χ3v) is 13.3. The summed E-state index contributed by atoms with van der Waals surface area (Å²) < 4.78 is 40.2. The van der Waals surface area contributed by atoms with Gasteiger partial charge in [-0.3, -0.25) is 28.9 Å². The maximum Gasteiger partial charge on any atom is 0.328 e. The van der Waals surface area contributed by atoms with Gasteiger partial charge in [-0.1, -0.05) is 6.07 Å². The number of imidazole rings is 1. The van der Waals surface area contributed by atoms with Crippen LogP contribution in [0.15, 0.2) is 54.9 Å². The van der Waals surface area contributed by atoms with Crippen LogP contribution in [-0.4, -0.2) is 101 Å². The van der Waals surface area contributed by atoms with E-state index in [1.54, 1.807) is 17.9 Å². The lowest BCUT2D eigenvalue weighted by Gasteiger charge is -2.38. The highest BCUT2D eigenvalue weighted by atomic mass is 19.3. The summed E-state index contributed by atoms with van der Waals surface area (Å²) in [5, 5.41) is 7.65. The van der Waals surface area contributed by atoms with Gasteiger partial charge >= 0.3 is 6.03 Å². The third-order valence-electron chi connectivity index (χ3n) is 13.3. The van der Waals surface area contributed by atoms with Gasteiger partial charge in [0.2, 0.25) is 11.8 Å². The Morgan fingerprint density at radius 3 is 2.44 bits per heavy atom. The van der Waals surface area contributed by atoms with Gasteiger partial charge in [0.1, 0.15) is 11.5 Å². The number of alkyl halides is 2. The number of nitrogens with zero attached hydrogens (tertiary/aromatic N) is 9. The minimum Gasteiger partial charge on any atom is -0.381 e. The monoisotopic (exact) mass is 832 g/mol. The van der Waals surface area contributed by atoms with Crippen LogP contribution < -0.4 is 24.9 Å². The van der Waals surface area contributed by atoms with Crippen LogP contribution in [0, 0.1) is 6.92 Å². The van der Waals surface area contributed by atoms with Gasteiger partial charge in [-0.2, -0.15) is 5.10 Å². The average Bonchev–Trinajstić information content (AvgIpc) is 3.88. The van der Waals surface area contributed by atoms with E-state index in [9.17, 15) is 14.4 Å². The Morgan fingerprint density at radius 1 is 0.885 bits per heavy atom. The van der Waals surface area contributed by atoms with Crippen LogP contribution in [0.3, 0.4) is 0 Å². The molecule has 318 valence electrons. The number of rotatable bonds is 7. The van der Waals surface area contributed by atoms with Crippen molar-refractivity contribution < 1.29 is 27.9 Å². The molecule has 5 aromatic rings. The molecule has 0 spiro atoms. The molecule has 3 aromatic heterocycles. The fraction of sp³-hybridized carbons (Fsp3) is 0.444. The first-order valence-electron chi connectivity index (χ1n) is 21.5. The van der Waals surface area contributed by atoms with E-state index in [4.69, 9.17) is 14.8 Å². The largest absolute Gasteiger partial charge is 0.381 e. The molecule has 0 atom stereocenters. The summed E-state index contributed by atoms with van der Waals surface area (Å²) in [5.41, 5.74) is 8.57.